The van der Waals surface area contributed by atoms with E-state index in [9.17, 15) is 4.79 Å². The average molecular weight is 428 g/mol. The first kappa shape index (κ1) is 20.0. The van der Waals surface area contributed by atoms with Crippen LogP contribution in [0.2, 0.25) is 0 Å². The molecule has 32 heavy (non-hydrogen) atoms. The van der Waals surface area contributed by atoms with Gasteiger partial charge in [-0.15, -0.1) is 5.10 Å². The minimum Gasteiger partial charge on any atom is -0.378 e. The zero-order valence-corrected chi connectivity index (χ0v) is 17.6. The van der Waals surface area contributed by atoms with Gasteiger partial charge in [0, 0.05) is 42.2 Å². The number of fused-ring (bicyclic) bond motifs is 1. The van der Waals surface area contributed by atoms with Crippen molar-refractivity contribution < 1.29 is 9.53 Å². The van der Waals surface area contributed by atoms with E-state index in [1.165, 1.54) is 0 Å². The summed E-state index contributed by atoms with van der Waals surface area (Å²) in [4.78, 5) is 14.7. The van der Waals surface area contributed by atoms with Crippen molar-refractivity contribution in [2.24, 2.45) is 0 Å². The molecule has 0 radical (unpaired) electrons. The van der Waals surface area contributed by atoms with Gasteiger partial charge in [-0.2, -0.15) is 5.10 Å². The van der Waals surface area contributed by atoms with Crippen molar-refractivity contribution in [2.45, 2.75) is 6.54 Å². The summed E-state index contributed by atoms with van der Waals surface area (Å²) in [5.74, 6) is 0.599. The summed E-state index contributed by atoms with van der Waals surface area (Å²) in [7, 11) is 0. The van der Waals surface area contributed by atoms with E-state index in [2.05, 4.69) is 25.7 Å². The highest BCUT2D eigenvalue weighted by molar-refractivity contribution is 5.92. The van der Waals surface area contributed by atoms with Crippen molar-refractivity contribution in [1.29, 1.82) is 0 Å². The molecule has 8 nitrogen and oxygen atoms in total. The minimum atomic E-state index is -0.0730. The lowest BCUT2D eigenvalue weighted by Gasteiger charge is -2.28. The molecule has 2 aromatic heterocycles. The molecule has 1 saturated heterocycles. The number of nitrogens with zero attached hydrogens (tertiary/aromatic N) is 4. The third kappa shape index (κ3) is 4.55. The molecule has 0 spiro atoms. The quantitative estimate of drug-likeness (QED) is 0.488. The van der Waals surface area contributed by atoms with Crippen LogP contribution in [0, 0.1) is 0 Å². The van der Waals surface area contributed by atoms with Crippen molar-refractivity contribution in [3.8, 4) is 0 Å². The second-order valence-corrected chi connectivity index (χ2v) is 7.65. The number of rotatable bonds is 6. The molecule has 1 fully saturated rings. The average Bonchev–Trinajstić information content (AvgIpc) is 3.24. The molecule has 0 atom stereocenters. The molecule has 1 aliphatic rings. The van der Waals surface area contributed by atoms with Gasteiger partial charge in [-0.1, -0.05) is 18.2 Å². The number of carbonyl (C=O) groups is 1. The van der Waals surface area contributed by atoms with Gasteiger partial charge >= 0.3 is 0 Å². The number of hydrogen-bond donors (Lipinski definition) is 2. The second-order valence-electron chi connectivity index (χ2n) is 7.65. The monoisotopic (exact) mass is 428 g/mol. The largest absolute Gasteiger partial charge is 0.378 e. The number of para-hydroxylation sites is 1. The highest BCUT2D eigenvalue weighted by atomic mass is 16.5. The number of carbonyl (C=O) groups excluding carboxylic acids is 1. The first-order valence-corrected chi connectivity index (χ1v) is 10.6. The van der Waals surface area contributed by atoms with Crippen LogP contribution in [0.4, 0.5) is 22.9 Å². The number of ether oxygens (including phenoxy) is 1. The number of aromatic nitrogens is 3. The molecular weight excluding hydrogens is 404 g/mol. The summed E-state index contributed by atoms with van der Waals surface area (Å²) < 4.78 is 7.35. The van der Waals surface area contributed by atoms with Crippen molar-refractivity contribution in [3.63, 3.8) is 0 Å². The predicted octanol–water partition coefficient (Wildman–Crippen LogP) is 3.65. The van der Waals surface area contributed by atoms with Gasteiger partial charge in [0.1, 0.15) is 6.54 Å². The molecule has 0 bridgehead atoms. The maximum Gasteiger partial charge on any atom is 0.244 e. The molecule has 1 amide bonds. The Morgan fingerprint density at radius 1 is 1.00 bits per heavy atom. The van der Waals surface area contributed by atoms with Gasteiger partial charge < -0.3 is 24.8 Å². The van der Waals surface area contributed by atoms with Crippen LogP contribution in [0.3, 0.4) is 0 Å². The van der Waals surface area contributed by atoms with E-state index in [0.717, 1.165) is 54.3 Å². The normalized spacial score (nSPS) is 13.8. The summed E-state index contributed by atoms with van der Waals surface area (Å²) in [5, 5.41) is 15.6. The first-order chi connectivity index (χ1) is 15.7. The van der Waals surface area contributed by atoms with Crippen LogP contribution in [0.1, 0.15) is 0 Å². The molecule has 1 aliphatic heterocycles. The lowest BCUT2D eigenvalue weighted by molar-refractivity contribution is -0.116. The summed E-state index contributed by atoms with van der Waals surface area (Å²) in [6, 6.07) is 19.6. The fourth-order valence-electron chi connectivity index (χ4n) is 3.83. The van der Waals surface area contributed by atoms with Crippen molar-refractivity contribution in [1.82, 2.24) is 14.8 Å². The smallest absolute Gasteiger partial charge is 0.244 e. The van der Waals surface area contributed by atoms with Crippen LogP contribution in [0.5, 0.6) is 0 Å². The molecule has 3 heterocycles. The van der Waals surface area contributed by atoms with Gasteiger partial charge in [0.2, 0.25) is 5.91 Å². The molecule has 0 unspecified atom stereocenters. The maximum atomic E-state index is 12.5. The van der Waals surface area contributed by atoms with E-state index in [4.69, 9.17) is 4.74 Å². The highest BCUT2D eigenvalue weighted by Gasteiger charge is 2.12. The zero-order valence-electron chi connectivity index (χ0n) is 17.6. The molecule has 8 heteroatoms. The molecular formula is C24H24N6O2. The van der Waals surface area contributed by atoms with Crippen LogP contribution in [0.25, 0.3) is 10.9 Å². The molecule has 4 aromatic rings. The van der Waals surface area contributed by atoms with Gasteiger partial charge in [-0.05, 0) is 41.8 Å². The Bertz CT molecular complexity index is 1210. The maximum absolute atomic E-state index is 12.5. The van der Waals surface area contributed by atoms with E-state index in [1.807, 2.05) is 71.4 Å². The standard InChI is InChI=1S/C24H24N6O2/c31-24(17-30-10-9-18-3-1-2-4-22(18)30)27-20-7-5-19(6-8-20)26-23-15-21(16-25-28-23)29-11-13-32-14-12-29/h1-10,15-16H,11-14,17H2,(H,26,28)(H,27,31). The topological polar surface area (TPSA) is 84.3 Å². The summed E-state index contributed by atoms with van der Waals surface area (Å²) in [6.07, 6.45) is 3.70. The van der Waals surface area contributed by atoms with E-state index < -0.39 is 0 Å². The molecule has 162 valence electrons. The van der Waals surface area contributed by atoms with Gasteiger partial charge in [0.25, 0.3) is 0 Å². The van der Waals surface area contributed by atoms with E-state index in [0.29, 0.717) is 5.82 Å². The number of nitrogens with one attached hydrogen (secondary N) is 2. The molecule has 5 rings (SSSR count). The molecule has 0 aliphatic carbocycles. The van der Waals surface area contributed by atoms with Crippen LogP contribution in [-0.4, -0.2) is 47.0 Å². The molecule has 2 aromatic carbocycles. The third-order valence-corrected chi connectivity index (χ3v) is 5.45. The molecule has 2 N–H and O–H groups in total. The Morgan fingerprint density at radius 2 is 1.78 bits per heavy atom. The summed E-state index contributed by atoms with van der Waals surface area (Å²) >= 11 is 0. The lowest BCUT2D eigenvalue weighted by Crippen LogP contribution is -2.36. The van der Waals surface area contributed by atoms with Gasteiger partial charge in [-0.3, -0.25) is 4.79 Å². The predicted molar refractivity (Wildman–Crippen MR) is 125 cm³/mol. The Morgan fingerprint density at radius 3 is 2.62 bits per heavy atom. The number of amides is 1. The van der Waals surface area contributed by atoms with Crippen molar-refractivity contribution >= 4 is 39.7 Å². The fraction of sp³-hybridized carbons (Fsp3) is 0.208. The zero-order chi connectivity index (χ0) is 21.8. The van der Waals surface area contributed by atoms with Crippen molar-refractivity contribution in [3.05, 3.63) is 73.1 Å². The second kappa shape index (κ2) is 9.07. The minimum absolute atomic E-state index is 0.0730. The van der Waals surface area contributed by atoms with E-state index in [1.54, 1.807) is 6.20 Å². The highest BCUT2D eigenvalue weighted by Crippen LogP contribution is 2.22. The summed E-state index contributed by atoms with van der Waals surface area (Å²) in [6.45, 7) is 3.39. The summed E-state index contributed by atoms with van der Waals surface area (Å²) in [5.41, 5.74) is 3.67. The Balaban J connectivity index is 1.20. The number of anilines is 4. The van der Waals surface area contributed by atoms with E-state index in [-0.39, 0.29) is 12.5 Å². The third-order valence-electron chi connectivity index (χ3n) is 5.45. The van der Waals surface area contributed by atoms with Gasteiger partial charge in [-0.25, -0.2) is 0 Å². The number of morpholine rings is 1. The molecule has 0 saturated carbocycles. The SMILES string of the molecule is O=C(Cn1ccc2ccccc21)Nc1ccc(Nc2cc(N3CCOCC3)cnn2)cc1. The lowest BCUT2D eigenvalue weighted by atomic mass is 10.2. The van der Waals surface area contributed by atoms with Gasteiger partial charge in [0.05, 0.1) is 25.1 Å². The fourth-order valence-corrected chi connectivity index (χ4v) is 3.83. The Hall–Kier alpha value is -3.91. The first-order valence-electron chi connectivity index (χ1n) is 10.6. The van der Waals surface area contributed by atoms with E-state index >= 15 is 0 Å². The van der Waals surface area contributed by atoms with Crippen molar-refractivity contribution in [2.75, 3.05) is 41.8 Å². The van der Waals surface area contributed by atoms with Crippen LogP contribution in [0.15, 0.2) is 73.1 Å². The number of benzene rings is 2. The van der Waals surface area contributed by atoms with Crippen LogP contribution < -0.4 is 15.5 Å². The van der Waals surface area contributed by atoms with Gasteiger partial charge in [0.15, 0.2) is 5.82 Å². The number of hydrogen-bond acceptors (Lipinski definition) is 6. The Kier molecular flexibility index (Phi) is 5.67. The Labute approximate surface area is 185 Å². The van der Waals surface area contributed by atoms with Crippen LogP contribution in [-0.2, 0) is 16.1 Å². The van der Waals surface area contributed by atoms with Crippen LogP contribution >= 0.6 is 0 Å².